The van der Waals surface area contributed by atoms with E-state index in [2.05, 4.69) is 104 Å². The summed E-state index contributed by atoms with van der Waals surface area (Å²) >= 11 is 0. The number of anilines is 1. The van der Waals surface area contributed by atoms with E-state index >= 15 is 0 Å². The van der Waals surface area contributed by atoms with Gasteiger partial charge < -0.3 is 14.8 Å². The molecule has 1 aliphatic rings. The Bertz CT molecular complexity index is 1170. The highest BCUT2D eigenvalue weighted by atomic mass is 16.5. The van der Waals surface area contributed by atoms with Gasteiger partial charge in [-0.2, -0.15) is 0 Å². The van der Waals surface area contributed by atoms with Gasteiger partial charge >= 0.3 is 0 Å². The van der Waals surface area contributed by atoms with Gasteiger partial charge in [0.15, 0.2) is 6.23 Å². The van der Waals surface area contributed by atoms with Crippen LogP contribution in [0.3, 0.4) is 0 Å². The molecular formula is C29H27NO2. The fourth-order valence-corrected chi connectivity index (χ4v) is 4.45. The summed E-state index contributed by atoms with van der Waals surface area (Å²) in [5.41, 5.74) is 7.15. The van der Waals surface area contributed by atoms with Crippen molar-refractivity contribution < 1.29 is 9.47 Å². The molecule has 0 unspecified atom stereocenters. The molecule has 0 saturated carbocycles. The smallest absolute Gasteiger partial charge is 0.156 e. The summed E-state index contributed by atoms with van der Waals surface area (Å²) in [6.07, 6.45) is -0.321. The molecule has 1 atom stereocenters. The Morgan fingerprint density at radius 1 is 0.719 bits per heavy atom. The molecule has 1 aliphatic heterocycles. The van der Waals surface area contributed by atoms with Crippen LogP contribution in [0.4, 0.5) is 5.69 Å². The predicted molar refractivity (Wildman–Crippen MR) is 129 cm³/mol. The van der Waals surface area contributed by atoms with Crippen molar-refractivity contribution >= 4 is 5.69 Å². The van der Waals surface area contributed by atoms with Crippen molar-refractivity contribution in [3.05, 3.63) is 130 Å². The summed E-state index contributed by atoms with van der Waals surface area (Å²) in [6.45, 7) is 4.22. The minimum Gasteiger partial charge on any atom is -0.497 e. The fourth-order valence-electron chi connectivity index (χ4n) is 4.45. The van der Waals surface area contributed by atoms with Crippen LogP contribution < -0.4 is 10.1 Å². The molecule has 0 radical (unpaired) electrons. The van der Waals surface area contributed by atoms with Gasteiger partial charge in [0.1, 0.15) is 11.4 Å². The Morgan fingerprint density at radius 3 is 1.84 bits per heavy atom. The van der Waals surface area contributed by atoms with E-state index < -0.39 is 5.60 Å². The third-order valence-corrected chi connectivity index (χ3v) is 6.22. The minimum absolute atomic E-state index is 0.321. The zero-order chi connectivity index (χ0) is 22.1. The average molecular weight is 422 g/mol. The highest BCUT2D eigenvalue weighted by Gasteiger charge is 2.45. The lowest BCUT2D eigenvalue weighted by molar-refractivity contribution is -0.0432. The molecule has 0 fully saturated rings. The molecule has 1 heterocycles. The molecule has 0 aliphatic carbocycles. The van der Waals surface area contributed by atoms with Gasteiger partial charge in [-0.25, -0.2) is 0 Å². The maximum absolute atomic E-state index is 7.06. The Hall–Kier alpha value is -3.56. The van der Waals surface area contributed by atoms with Crippen LogP contribution >= 0.6 is 0 Å². The molecule has 4 aromatic rings. The monoisotopic (exact) mass is 421 g/mol. The third kappa shape index (κ3) is 3.45. The zero-order valence-electron chi connectivity index (χ0n) is 18.6. The zero-order valence-corrected chi connectivity index (χ0v) is 18.6. The van der Waals surface area contributed by atoms with E-state index in [-0.39, 0.29) is 6.23 Å². The number of rotatable bonds is 4. The molecule has 4 aromatic carbocycles. The van der Waals surface area contributed by atoms with Crippen LogP contribution in [0.25, 0.3) is 0 Å². The van der Waals surface area contributed by atoms with Crippen LogP contribution in [0.2, 0.25) is 0 Å². The molecule has 1 N–H and O–H groups in total. The van der Waals surface area contributed by atoms with E-state index in [1.165, 1.54) is 11.1 Å². The van der Waals surface area contributed by atoms with Crippen molar-refractivity contribution in [3.8, 4) is 5.75 Å². The minimum atomic E-state index is -0.742. The van der Waals surface area contributed by atoms with Gasteiger partial charge in [-0.05, 0) is 43.2 Å². The van der Waals surface area contributed by atoms with E-state index in [4.69, 9.17) is 9.47 Å². The first-order valence-corrected chi connectivity index (χ1v) is 10.9. The van der Waals surface area contributed by atoms with Crippen molar-refractivity contribution in [3.63, 3.8) is 0 Å². The maximum Gasteiger partial charge on any atom is 0.156 e. The second-order valence-electron chi connectivity index (χ2n) is 8.37. The summed E-state index contributed by atoms with van der Waals surface area (Å²) in [5.74, 6) is 0.827. The molecule has 0 bridgehead atoms. The fraction of sp³-hybridized carbons (Fsp3) is 0.172. The molecule has 0 amide bonds. The molecule has 3 nitrogen and oxygen atoms in total. The van der Waals surface area contributed by atoms with Gasteiger partial charge in [0, 0.05) is 16.8 Å². The van der Waals surface area contributed by atoms with Crippen molar-refractivity contribution in [2.45, 2.75) is 25.7 Å². The highest BCUT2D eigenvalue weighted by Crippen LogP contribution is 2.50. The number of aryl methyl sites for hydroxylation is 2. The Morgan fingerprint density at radius 2 is 1.28 bits per heavy atom. The lowest BCUT2D eigenvalue weighted by Gasteiger charge is -2.44. The third-order valence-electron chi connectivity index (χ3n) is 6.22. The number of hydrogen-bond acceptors (Lipinski definition) is 3. The van der Waals surface area contributed by atoms with Gasteiger partial charge in [0.05, 0.1) is 7.11 Å². The second-order valence-corrected chi connectivity index (χ2v) is 8.37. The molecule has 0 spiro atoms. The molecule has 32 heavy (non-hydrogen) atoms. The van der Waals surface area contributed by atoms with E-state index in [9.17, 15) is 0 Å². The number of benzene rings is 4. The van der Waals surface area contributed by atoms with Crippen LogP contribution in [0.15, 0.2) is 97.1 Å². The van der Waals surface area contributed by atoms with Crippen molar-refractivity contribution in [2.75, 3.05) is 12.4 Å². The Balaban J connectivity index is 1.74. The summed E-state index contributed by atoms with van der Waals surface area (Å²) in [4.78, 5) is 0. The summed E-state index contributed by atoms with van der Waals surface area (Å²) in [5, 5.41) is 3.60. The number of methoxy groups -OCH3 is 1. The standard InChI is InChI=1S/C29H27NO2/c1-20-8-14-23(15-9-20)29(24-16-10-21(2)11-17-24)26-6-4-5-7-27(26)30-28(32-29)22-12-18-25(31-3)19-13-22/h4-19,28,30H,1-3H3/t28-/m1/s1. The van der Waals surface area contributed by atoms with E-state index in [1.807, 2.05) is 12.1 Å². The number of ether oxygens (including phenoxy) is 2. The normalized spacial score (nSPS) is 16.7. The van der Waals surface area contributed by atoms with Crippen molar-refractivity contribution in [1.29, 1.82) is 0 Å². The van der Waals surface area contributed by atoms with Gasteiger partial charge in [-0.3, -0.25) is 0 Å². The lowest BCUT2D eigenvalue weighted by atomic mass is 9.77. The summed E-state index contributed by atoms with van der Waals surface area (Å²) < 4.78 is 12.4. The van der Waals surface area contributed by atoms with E-state index in [0.29, 0.717) is 0 Å². The maximum atomic E-state index is 7.06. The average Bonchev–Trinajstić information content (AvgIpc) is 2.84. The second kappa shape index (κ2) is 8.18. The topological polar surface area (TPSA) is 30.5 Å². The van der Waals surface area contributed by atoms with Crippen LogP contribution in [0.5, 0.6) is 5.75 Å². The van der Waals surface area contributed by atoms with Crippen LogP contribution in [-0.4, -0.2) is 7.11 Å². The molecule has 5 rings (SSSR count). The quantitative estimate of drug-likeness (QED) is 0.396. The van der Waals surface area contributed by atoms with Crippen LogP contribution in [0.1, 0.15) is 39.6 Å². The van der Waals surface area contributed by atoms with Crippen molar-refractivity contribution in [2.24, 2.45) is 0 Å². The van der Waals surface area contributed by atoms with Crippen LogP contribution in [0, 0.1) is 13.8 Å². The molecule has 3 heteroatoms. The number of fused-ring (bicyclic) bond motifs is 1. The largest absolute Gasteiger partial charge is 0.497 e. The van der Waals surface area contributed by atoms with E-state index in [1.54, 1.807) is 7.11 Å². The number of hydrogen-bond donors (Lipinski definition) is 1. The highest BCUT2D eigenvalue weighted by molar-refractivity contribution is 5.64. The molecule has 0 aromatic heterocycles. The van der Waals surface area contributed by atoms with Gasteiger partial charge in [0.2, 0.25) is 0 Å². The van der Waals surface area contributed by atoms with Gasteiger partial charge in [0.25, 0.3) is 0 Å². The Kier molecular flexibility index (Phi) is 5.20. The predicted octanol–water partition coefficient (Wildman–Crippen LogP) is 6.74. The first-order valence-electron chi connectivity index (χ1n) is 10.9. The SMILES string of the molecule is COc1ccc([C@@H]2Nc3ccccc3C(c3ccc(C)cc3)(c3ccc(C)cc3)O2)cc1. The number of nitrogens with one attached hydrogen (secondary N) is 1. The van der Waals surface area contributed by atoms with Crippen LogP contribution in [-0.2, 0) is 10.3 Å². The number of para-hydroxylation sites is 1. The first kappa shape index (κ1) is 20.3. The van der Waals surface area contributed by atoms with Crippen molar-refractivity contribution in [1.82, 2.24) is 0 Å². The Labute approximate surface area is 189 Å². The summed E-state index contributed by atoms with van der Waals surface area (Å²) in [7, 11) is 1.68. The molecule has 160 valence electrons. The molecule has 0 saturated heterocycles. The molecular weight excluding hydrogens is 394 g/mol. The summed E-state index contributed by atoms with van der Waals surface area (Å²) in [6, 6.07) is 33.8. The van der Waals surface area contributed by atoms with E-state index in [0.717, 1.165) is 33.7 Å². The first-order chi connectivity index (χ1) is 15.6. The van der Waals surface area contributed by atoms with Gasteiger partial charge in [-0.1, -0.05) is 90.0 Å². The lowest BCUT2D eigenvalue weighted by Crippen LogP contribution is -2.40. The van der Waals surface area contributed by atoms with Gasteiger partial charge in [-0.15, -0.1) is 0 Å².